The number of aromatic nitrogens is 1. The third-order valence-electron chi connectivity index (χ3n) is 4.54. The zero-order chi connectivity index (χ0) is 19.9. The van der Waals surface area contributed by atoms with Gasteiger partial charge in [0.15, 0.2) is 0 Å². The number of nitrogens with one attached hydrogen (secondary N) is 1. The van der Waals surface area contributed by atoms with Crippen molar-refractivity contribution in [1.29, 1.82) is 5.26 Å². The summed E-state index contributed by atoms with van der Waals surface area (Å²) in [4.78, 5) is 27.5. The number of carbonyl (C=O) groups is 2. The van der Waals surface area contributed by atoms with Crippen LogP contribution in [-0.2, 0) is 4.79 Å². The molecular weight excluding hydrogens is 358 g/mol. The molecule has 1 fully saturated rings. The van der Waals surface area contributed by atoms with E-state index in [1.807, 2.05) is 6.07 Å². The Hall–Kier alpha value is -3.40. The van der Waals surface area contributed by atoms with E-state index in [4.69, 9.17) is 14.7 Å². The van der Waals surface area contributed by atoms with Gasteiger partial charge in [0.2, 0.25) is 5.88 Å². The topological polar surface area (TPSA) is 101 Å². The lowest BCUT2D eigenvalue weighted by Gasteiger charge is -2.29. The maximum Gasteiger partial charge on any atom is 0.308 e. The van der Waals surface area contributed by atoms with Crippen molar-refractivity contribution in [1.82, 2.24) is 10.3 Å². The fourth-order valence-electron chi connectivity index (χ4n) is 3.12. The number of rotatable bonds is 5. The Kier molecular flexibility index (Phi) is 6.22. The van der Waals surface area contributed by atoms with Gasteiger partial charge in [0.05, 0.1) is 5.56 Å². The van der Waals surface area contributed by atoms with Crippen LogP contribution in [0.1, 0.15) is 48.5 Å². The molecule has 1 aromatic heterocycles. The molecule has 0 spiro atoms. The summed E-state index contributed by atoms with van der Waals surface area (Å²) in [5.74, 6) is 0.386. The molecule has 1 amide bonds. The highest BCUT2D eigenvalue weighted by Crippen LogP contribution is 2.23. The number of hydrogen-bond donors (Lipinski definition) is 1. The zero-order valence-electron chi connectivity index (χ0n) is 15.6. The summed E-state index contributed by atoms with van der Waals surface area (Å²) < 4.78 is 10.8. The van der Waals surface area contributed by atoms with Crippen molar-refractivity contribution in [3.63, 3.8) is 0 Å². The molecule has 7 nitrogen and oxygen atoms in total. The smallest absolute Gasteiger partial charge is 0.308 e. The first-order valence-corrected chi connectivity index (χ1v) is 9.15. The van der Waals surface area contributed by atoms with Crippen molar-refractivity contribution >= 4 is 11.9 Å². The average molecular weight is 379 g/mol. The van der Waals surface area contributed by atoms with Gasteiger partial charge in [-0.2, -0.15) is 5.26 Å². The molecule has 1 N–H and O–H groups in total. The third kappa shape index (κ3) is 5.30. The number of hydrogen-bond acceptors (Lipinski definition) is 6. The Morgan fingerprint density at radius 2 is 1.82 bits per heavy atom. The molecule has 1 aromatic carbocycles. The van der Waals surface area contributed by atoms with Crippen LogP contribution in [0.4, 0.5) is 0 Å². The first-order valence-electron chi connectivity index (χ1n) is 9.15. The molecular formula is C21H21N3O4. The van der Waals surface area contributed by atoms with E-state index < -0.39 is 5.97 Å². The molecule has 144 valence electrons. The fourth-order valence-corrected chi connectivity index (χ4v) is 3.12. The van der Waals surface area contributed by atoms with E-state index in [1.54, 1.807) is 36.4 Å². The molecule has 1 saturated carbocycles. The van der Waals surface area contributed by atoms with Crippen molar-refractivity contribution in [2.75, 3.05) is 0 Å². The standard InChI is InChI=1S/C21H21N3O4/c1-14(25)27-18-7-3-16(4-8-18)21(26)24-17-5-9-19(10-6-17)28-20-11-2-15(12-22)13-23-20/h2-4,7-8,11,13,17,19H,5-6,9-10H2,1H3,(H,24,26). The highest BCUT2D eigenvalue weighted by atomic mass is 16.5. The summed E-state index contributed by atoms with van der Waals surface area (Å²) in [6.45, 7) is 1.33. The predicted octanol–water partition coefficient (Wildman–Crippen LogP) is 3.00. The van der Waals surface area contributed by atoms with Crippen molar-refractivity contribution in [2.45, 2.75) is 44.8 Å². The van der Waals surface area contributed by atoms with E-state index in [-0.39, 0.29) is 18.1 Å². The van der Waals surface area contributed by atoms with Gasteiger partial charge in [0, 0.05) is 30.8 Å². The van der Waals surface area contributed by atoms with Crippen LogP contribution in [-0.4, -0.2) is 29.0 Å². The van der Waals surface area contributed by atoms with Crippen LogP contribution in [0.25, 0.3) is 0 Å². The number of amides is 1. The van der Waals surface area contributed by atoms with Crippen LogP contribution in [0.5, 0.6) is 11.6 Å². The van der Waals surface area contributed by atoms with Gasteiger partial charge in [-0.05, 0) is 56.0 Å². The molecule has 28 heavy (non-hydrogen) atoms. The number of ether oxygens (including phenoxy) is 2. The summed E-state index contributed by atoms with van der Waals surface area (Å²) in [6.07, 6.45) is 4.82. The summed E-state index contributed by atoms with van der Waals surface area (Å²) in [6, 6.07) is 12.0. The SMILES string of the molecule is CC(=O)Oc1ccc(C(=O)NC2CCC(Oc3ccc(C#N)cn3)CC2)cc1. The molecule has 2 aromatic rings. The molecule has 0 radical (unpaired) electrons. The minimum Gasteiger partial charge on any atom is -0.474 e. The van der Waals surface area contributed by atoms with Crippen LogP contribution in [0.2, 0.25) is 0 Å². The van der Waals surface area contributed by atoms with Crippen molar-refractivity contribution in [2.24, 2.45) is 0 Å². The van der Waals surface area contributed by atoms with Gasteiger partial charge in [0.25, 0.3) is 5.91 Å². The molecule has 3 rings (SSSR count). The maximum absolute atomic E-state index is 12.4. The minimum absolute atomic E-state index is 0.0524. The lowest BCUT2D eigenvalue weighted by Crippen LogP contribution is -2.39. The van der Waals surface area contributed by atoms with Gasteiger partial charge < -0.3 is 14.8 Å². The second kappa shape index (κ2) is 9.00. The van der Waals surface area contributed by atoms with E-state index in [0.29, 0.717) is 22.8 Å². The van der Waals surface area contributed by atoms with Crippen LogP contribution in [0.15, 0.2) is 42.6 Å². The third-order valence-corrected chi connectivity index (χ3v) is 4.54. The van der Waals surface area contributed by atoms with Gasteiger partial charge in [-0.25, -0.2) is 4.98 Å². The number of esters is 1. The summed E-state index contributed by atoms with van der Waals surface area (Å²) in [5.41, 5.74) is 1.02. The largest absolute Gasteiger partial charge is 0.474 e. The monoisotopic (exact) mass is 379 g/mol. The molecule has 1 aliphatic carbocycles. The van der Waals surface area contributed by atoms with Crippen molar-refractivity contribution in [3.05, 3.63) is 53.7 Å². The second-order valence-electron chi connectivity index (χ2n) is 6.68. The molecule has 0 unspecified atom stereocenters. The number of nitrogens with zero attached hydrogens (tertiary/aromatic N) is 2. The normalized spacial score (nSPS) is 18.6. The van der Waals surface area contributed by atoms with E-state index >= 15 is 0 Å². The molecule has 0 bridgehead atoms. The highest BCUT2D eigenvalue weighted by Gasteiger charge is 2.24. The first-order chi connectivity index (χ1) is 13.5. The number of nitriles is 1. The number of benzene rings is 1. The van der Waals surface area contributed by atoms with Gasteiger partial charge >= 0.3 is 5.97 Å². The molecule has 1 aliphatic rings. The summed E-state index contributed by atoms with van der Waals surface area (Å²) in [7, 11) is 0. The predicted molar refractivity (Wildman–Crippen MR) is 101 cm³/mol. The Labute approximate surface area is 163 Å². The Bertz CT molecular complexity index is 864. The van der Waals surface area contributed by atoms with Gasteiger partial charge in [0.1, 0.15) is 17.9 Å². The molecule has 0 atom stereocenters. The molecule has 7 heteroatoms. The lowest BCUT2D eigenvalue weighted by atomic mass is 9.92. The lowest BCUT2D eigenvalue weighted by molar-refractivity contribution is -0.131. The molecule has 1 heterocycles. The number of pyridine rings is 1. The Balaban J connectivity index is 1.46. The maximum atomic E-state index is 12.4. The fraction of sp³-hybridized carbons (Fsp3) is 0.333. The van der Waals surface area contributed by atoms with Gasteiger partial charge in [-0.1, -0.05) is 0 Å². The second-order valence-corrected chi connectivity index (χ2v) is 6.68. The van der Waals surface area contributed by atoms with Crippen LogP contribution >= 0.6 is 0 Å². The zero-order valence-corrected chi connectivity index (χ0v) is 15.6. The quantitative estimate of drug-likeness (QED) is 0.633. The van der Waals surface area contributed by atoms with E-state index in [1.165, 1.54) is 13.1 Å². The van der Waals surface area contributed by atoms with Gasteiger partial charge in [-0.3, -0.25) is 9.59 Å². The van der Waals surface area contributed by atoms with Crippen molar-refractivity contribution < 1.29 is 19.1 Å². The van der Waals surface area contributed by atoms with Crippen molar-refractivity contribution in [3.8, 4) is 17.7 Å². The van der Waals surface area contributed by atoms with Crippen LogP contribution in [0.3, 0.4) is 0 Å². The first kappa shape index (κ1) is 19.4. The summed E-state index contributed by atoms with van der Waals surface area (Å²) >= 11 is 0. The minimum atomic E-state index is -0.396. The Morgan fingerprint density at radius 1 is 1.11 bits per heavy atom. The number of carbonyl (C=O) groups excluding carboxylic acids is 2. The molecule has 0 aliphatic heterocycles. The van der Waals surface area contributed by atoms with E-state index in [9.17, 15) is 9.59 Å². The van der Waals surface area contributed by atoms with Crippen LogP contribution < -0.4 is 14.8 Å². The van der Waals surface area contributed by atoms with E-state index in [2.05, 4.69) is 10.3 Å². The van der Waals surface area contributed by atoms with Gasteiger partial charge in [-0.15, -0.1) is 0 Å². The average Bonchev–Trinajstić information content (AvgIpc) is 2.70. The van der Waals surface area contributed by atoms with Crippen LogP contribution in [0, 0.1) is 11.3 Å². The summed E-state index contributed by atoms with van der Waals surface area (Å²) in [5, 5.41) is 11.8. The Morgan fingerprint density at radius 3 is 2.39 bits per heavy atom. The van der Waals surface area contributed by atoms with E-state index in [0.717, 1.165) is 25.7 Å². The highest BCUT2D eigenvalue weighted by molar-refractivity contribution is 5.94. The molecule has 0 saturated heterocycles.